The van der Waals surface area contributed by atoms with E-state index in [2.05, 4.69) is 21.2 Å². The summed E-state index contributed by atoms with van der Waals surface area (Å²) in [6.45, 7) is 0. The van der Waals surface area contributed by atoms with Crippen molar-refractivity contribution in [2.75, 3.05) is 0 Å². The fourth-order valence-corrected chi connectivity index (χ4v) is 2.22. The Bertz CT molecular complexity index is 841. The lowest BCUT2D eigenvalue weighted by Crippen LogP contribution is -2.02. The molecule has 0 amide bonds. The zero-order valence-electron chi connectivity index (χ0n) is 10.1. The first kappa shape index (κ1) is 10.2. The van der Waals surface area contributed by atoms with Gasteiger partial charge in [-0.1, -0.05) is 36.4 Å². The summed E-state index contributed by atoms with van der Waals surface area (Å²) in [5.74, 6) is 0.759. The third-order valence-electron chi connectivity index (χ3n) is 3.13. The number of rotatable bonds is 1. The van der Waals surface area contributed by atoms with Gasteiger partial charge in [0.2, 0.25) is 0 Å². The van der Waals surface area contributed by atoms with E-state index in [1.54, 1.807) is 11.0 Å². The predicted octanol–water partition coefficient (Wildman–Crippen LogP) is 2.97. The normalized spacial score (nSPS) is 11.2. The molecule has 0 spiro atoms. The van der Waals surface area contributed by atoms with Gasteiger partial charge < -0.3 is 0 Å². The van der Waals surface area contributed by atoms with Crippen molar-refractivity contribution in [3.8, 4) is 5.82 Å². The highest BCUT2D eigenvalue weighted by molar-refractivity contribution is 5.88. The molecule has 0 saturated carbocycles. The largest absolute Gasteiger partial charge is 0.235 e. The lowest BCUT2D eigenvalue weighted by Gasteiger charge is -2.03. The molecule has 0 radical (unpaired) electrons. The molecule has 2 aromatic carbocycles. The average Bonchev–Trinajstić information content (AvgIpc) is 2.90. The fourth-order valence-electron chi connectivity index (χ4n) is 2.22. The summed E-state index contributed by atoms with van der Waals surface area (Å²) in [5, 5.41) is 11.1. The molecule has 4 nitrogen and oxygen atoms in total. The van der Waals surface area contributed by atoms with E-state index in [1.165, 1.54) is 0 Å². The Kier molecular flexibility index (Phi) is 2.08. The topological polar surface area (TPSA) is 43.6 Å². The Balaban J connectivity index is 2.03. The zero-order valence-corrected chi connectivity index (χ0v) is 10.1. The second kappa shape index (κ2) is 3.88. The average molecular weight is 246 g/mol. The third kappa shape index (κ3) is 1.57. The molecule has 90 valence electrons. The van der Waals surface area contributed by atoms with Crippen LogP contribution >= 0.6 is 0 Å². The molecule has 0 aliphatic rings. The van der Waals surface area contributed by atoms with Crippen LogP contribution in [0.1, 0.15) is 0 Å². The number of hydrogen-bond acceptors (Lipinski definition) is 3. The van der Waals surface area contributed by atoms with Crippen LogP contribution in [0, 0.1) is 0 Å². The Labute approximate surface area is 109 Å². The van der Waals surface area contributed by atoms with Crippen molar-refractivity contribution in [3.05, 3.63) is 60.8 Å². The zero-order chi connectivity index (χ0) is 12.7. The summed E-state index contributed by atoms with van der Waals surface area (Å²) in [4.78, 5) is 6.01. The molecule has 0 aliphatic carbocycles. The predicted molar refractivity (Wildman–Crippen MR) is 74.2 cm³/mol. The molecule has 2 aromatic heterocycles. The van der Waals surface area contributed by atoms with Gasteiger partial charge in [-0.3, -0.25) is 0 Å². The van der Waals surface area contributed by atoms with Gasteiger partial charge in [-0.15, -0.1) is 15.0 Å². The van der Waals surface area contributed by atoms with Crippen LogP contribution in [0.2, 0.25) is 0 Å². The van der Waals surface area contributed by atoms with E-state index in [1.807, 2.05) is 48.5 Å². The van der Waals surface area contributed by atoms with Crippen molar-refractivity contribution in [2.45, 2.75) is 0 Å². The second-order valence-corrected chi connectivity index (χ2v) is 4.33. The molecular weight excluding hydrogens is 236 g/mol. The minimum atomic E-state index is 0.759. The lowest BCUT2D eigenvalue weighted by molar-refractivity contribution is 0.748. The summed E-state index contributed by atoms with van der Waals surface area (Å²) in [6, 6.07) is 17.9. The summed E-state index contributed by atoms with van der Waals surface area (Å²) in [5.41, 5.74) is 1.74. The molecule has 4 heteroatoms. The molecule has 0 saturated heterocycles. The van der Waals surface area contributed by atoms with Crippen LogP contribution in [-0.2, 0) is 0 Å². The Morgan fingerprint density at radius 1 is 0.737 bits per heavy atom. The number of pyridine rings is 1. The quantitative estimate of drug-likeness (QED) is 0.518. The smallest absolute Gasteiger partial charge is 0.182 e. The fraction of sp³-hybridized carbons (Fsp3) is 0. The maximum absolute atomic E-state index is 4.48. The molecule has 19 heavy (non-hydrogen) atoms. The van der Waals surface area contributed by atoms with Gasteiger partial charge in [0.25, 0.3) is 0 Å². The van der Waals surface area contributed by atoms with E-state index in [0.29, 0.717) is 0 Å². The third-order valence-corrected chi connectivity index (χ3v) is 3.13. The van der Waals surface area contributed by atoms with E-state index >= 15 is 0 Å². The van der Waals surface area contributed by atoms with E-state index in [9.17, 15) is 0 Å². The van der Waals surface area contributed by atoms with Gasteiger partial charge in [0, 0.05) is 11.6 Å². The SMILES string of the molecule is c1ccc2c(-n3nc4ccccc4n3)nccc2c1. The number of fused-ring (bicyclic) bond motifs is 2. The first-order valence-corrected chi connectivity index (χ1v) is 6.08. The molecule has 4 aromatic rings. The van der Waals surface area contributed by atoms with Crippen molar-refractivity contribution in [2.24, 2.45) is 0 Å². The van der Waals surface area contributed by atoms with Crippen molar-refractivity contribution < 1.29 is 0 Å². The monoisotopic (exact) mass is 246 g/mol. The lowest BCUT2D eigenvalue weighted by atomic mass is 10.2. The maximum atomic E-state index is 4.48. The van der Waals surface area contributed by atoms with Crippen LogP contribution in [0.3, 0.4) is 0 Å². The van der Waals surface area contributed by atoms with Gasteiger partial charge in [-0.05, 0) is 23.6 Å². The molecule has 0 unspecified atom stereocenters. The van der Waals surface area contributed by atoms with Gasteiger partial charge in [0.1, 0.15) is 11.0 Å². The highest BCUT2D eigenvalue weighted by Crippen LogP contribution is 2.19. The van der Waals surface area contributed by atoms with E-state index < -0.39 is 0 Å². The Morgan fingerprint density at radius 3 is 2.21 bits per heavy atom. The first-order valence-electron chi connectivity index (χ1n) is 6.08. The van der Waals surface area contributed by atoms with Crippen LogP contribution in [0.4, 0.5) is 0 Å². The molecule has 0 aliphatic heterocycles. The van der Waals surface area contributed by atoms with Gasteiger partial charge in [0.15, 0.2) is 5.82 Å². The van der Waals surface area contributed by atoms with Crippen molar-refractivity contribution in [1.82, 2.24) is 20.0 Å². The Morgan fingerprint density at radius 2 is 1.42 bits per heavy atom. The van der Waals surface area contributed by atoms with Gasteiger partial charge in [-0.25, -0.2) is 4.98 Å². The van der Waals surface area contributed by atoms with E-state index in [-0.39, 0.29) is 0 Å². The van der Waals surface area contributed by atoms with Gasteiger partial charge in [0.05, 0.1) is 0 Å². The minimum Gasteiger partial charge on any atom is -0.235 e. The summed E-state index contributed by atoms with van der Waals surface area (Å²) in [7, 11) is 0. The van der Waals surface area contributed by atoms with Crippen molar-refractivity contribution in [1.29, 1.82) is 0 Å². The van der Waals surface area contributed by atoms with Crippen LogP contribution in [0.5, 0.6) is 0 Å². The maximum Gasteiger partial charge on any atom is 0.182 e. The van der Waals surface area contributed by atoms with Crippen LogP contribution in [-0.4, -0.2) is 20.0 Å². The number of benzene rings is 2. The van der Waals surface area contributed by atoms with Crippen LogP contribution in [0.25, 0.3) is 27.6 Å². The van der Waals surface area contributed by atoms with Crippen molar-refractivity contribution in [3.63, 3.8) is 0 Å². The second-order valence-electron chi connectivity index (χ2n) is 4.33. The van der Waals surface area contributed by atoms with Gasteiger partial charge in [-0.2, -0.15) is 0 Å². The molecule has 0 atom stereocenters. The Hall–Kier alpha value is -2.75. The first-order chi connectivity index (χ1) is 9.42. The molecule has 0 bridgehead atoms. The molecule has 2 heterocycles. The number of aromatic nitrogens is 4. The number of nitrogens with zero attached hydrogens (tertiary/aromatic N) is 4. The summed E-state index contributed by atoms with van der Waals surface area (Å²) >= 11 is 0. The number of hydrogen-bond donors (Lipinski definition) is 0. The summed E-state index contributed by atoms with van der Waals surface area (Å²) < 4.78 is 0. The van der Waals surface area contributed by atoms with E-state index in [0.717, 1.165) is 27.6 Å². The van der Waals surface area contributed by atoms with Crippen molar-refractivity contribution >= 4 is 21.8 Å². The summed E-state index contributed by atoms with van der Waals surface area (Å²) in [6.07, 6.45) is 1.78. The molecule has 0 N–H and O–H groups in total. The molecule has 0 fully saturated rings. The highest BCUT2D eigenvalue weighted by Gasteiger charge is 2.08. The molecular formula is C15H10N4. The van der Waals surface area contributed by atoms with Gasteiger partial charge >= 0.3 is 0 Å². The van der Waals surface area contributed by atoms with Crippen LogP contribution in [0.15, 0.2) is 60.8 Å². The molecule has 4 rings (SSSR count). The van der Waals surface area contributed by atoms with E-state index in [4.69, 9.17) is 0 Å². The minimum absolute atomic E-state index is 0.759. The van der Waals surface area contributed by atoms with Crippen LogP contribution < -0.4 is 0 Å². The standard InChI is InChI=1S/C15H10N4/c1-2-6-12-11(5-1)9-10-16-15(12)19-17-13-7-3-4-8-14(13)18-19/h1-10H. The highest BCUT2D eigenvalue weighted by atomic mass is 15.5.